The summed E-state index contributed by atoms with van der Waals surface area (Å²) in [5.41, 5.74) is 9.26. The van der Waals surface area contributed by atoms with Crippen molar-refractivity contribution in [2.24, 2.45) is 5.73 Å². The highest BCUT2D eigenvalue weighted by Crippen LogP contribution is 2.41. The van der Waals surface area contributed by atoms with Gasteiger partial charge < -0.3 is 10.2 Å². The van der Waals surface area contributed by atoms with Crippen molar-refractivity contribution in [3.63, 3.8) is 0 Å². The fourth-order valence-electron chi connectivity index (χ4n) is 4.87. The van der Waals surface area contributed by atoms with E-state index in [0.717, 1.165) is 46.5 Å². The molecule has 3 aromatic carbocycles. The first-order valence-electron chi connectivity index (χ1n) is 11.2. The van der Waals surface area contributed by atoms with Gasteiger partial charge in [0.1, 0.15) is 11.3 Å². The average molecular weight is 427 g/mol. The zero-order valence-corrected chi connectivity index (χ0v) is 18.8. The van der Waals surface area contributed by atoms with E-state index in [2.05, 4.69) is 49.1 Å². The van der Waals surface area contributed by atoms with Crippen LogP contribution < -0.4 is 5.73 Å². The van der Waals surface area contributed by atoms with Crippen LogP contribution in [0.2, 0.25) is 0 Å². The van der Waals surface area contributed by atoms with E-state index in [9.17, 15) is 4.79 Å². The lowest BCUT2D eigenvalue weighted by molar-refractivity contribution is -0.121. The van der Waals surface area contributed by atoms with Crippen LogP contribution in [0.5, 0.6) is 0 Å². The second-order valence-corrected chi connectivity index (χ2v) is 8.21. The third kappa shape index (κ3) is 4.19. The number of likely N-dealkylation sites (N-methyl/N-ethyl adjacent to an activating group) is 1. The van der Waals surface area contributed by atoms with Crippen molar-refractivity contribution in [2.45, 2.75) is 32.2 Å². The molecule has 1 amide bonds. The number of rotatable bonds is 9. The van der Waals surface area contributed by atoms with E-state index < -0.39 is 5.54 Å². The molecule has 1 aromatic heterocycles. The summed E-state index contributed by atoms with van der Waals surface area (Å²) >= 11 is 0. The third-order valence-corrected chi connectivity index (χ3v) is 6.28. The summed E-state index contributed by atoms with van der Waals surface area (Å²) in [5, 5.41) is 1.02. The summed E-state index contributed by atoms with van der Waals surface area (Å²) in [6.45, 7) is 5.84. The van der Waals surface area contributed by atoms with E-state index >= 15 is 0 Å². The van der Waals surface area contributed by atoms with Crippen molar-refractivity contribution in [1.82, 2.24) is 4.90 Å². The minimum absolute atomic E-state index is 0.212. The summed E-state index contributed by atoms with van der Waals surface area (Å²) in [6, 6.07) is 28.7. The van der Waals surface area contributed by atoms with Crippen molar-refractivity contribution < 1.29 is 9.21 Å². The number of hydrogen-bond acceptors (Lipinski definition) is 3. The molecule has 4 aromatic rings. The second kappa shape index (κ2) is 9.41. The minimum atomic E-state index is -0.609. The third-order valence-electron chi connectivity index (χ3n) is 6.28. The Morgan fingerprint density at radius 3 is 2.19 bits per heavy atom. The van der Waals surface area contributed by atoms with Gasteiger partial charge >= 0.3 is 0 Å². The molecule has 1 heterocycles. The fraction of sp³-hybridized carbons (Fsp3) is 0.250. The van der Waals surface area contributed by atoms with E-state index in [1.165, 1.54) is 0 Å². The highest BCUT2D eigenvalue weighted by atomic mass is 16.3. The van der Waals surface area contributed by atoms with Gasteiger partial charge in [-0.1, -0.05) is 92.7 Å². The van der Waals surface area contributed by atoms with E-state index in [1.807, 2.05) is 54.6 Å². The van der Waals surface area contributed by atoms with Gasteiger partial charge in [-0.3, -0.25) is 9.69 Å². The first-order valence-corrected chi connectivity index (χ1v) is 11.2. The standard InChI is InChI=1S/C28H30N2O2/c1-3-30(4-2)28(20-26(29)31,19-21-12-7-5-8-13-21)24-17-11-16-23-18-25(32-27(23)24)22-14-9-6-10-15-22/h5-18H,3-4,19-20H2,1-2H3,(H2,29,31). The molecule has 0 aliphatic heterocycles. The van der Waals surface area contributed by atoms with Crippen LogP contribution in [-0.4, -0.2) is 23.9 Å². The predicted molar refractivity (Wildman–Crippen MR) is 130 cm³/mol. The molecule has 2 N–H and O–H groups in total. The zero-order valence-electron chi connectivity index (χ0n) is 18.8. The number of carbonyl (C=O) groups excluding carboxylic acids is 1. The van der Waals surface area contributed by atoms with Gasteiger partial charge in [0.15, 0.2) is 0 Å². The van der Waals surface area contributed by atoms with Crippen molar-refractivity contribution in [1.29, 1.82) is 0 Å². The van der Waals surface area contributed by atoms with Crippen LogP contribution in [0.1, 0.15) is 31.4 Å². The van der Waals surface area contributed by atoms with Crippen LogP contribution in [0.25, 0.3) is 22.3 Å². The molecule has 1 atom stereocenters. The number of fused-ring (bicyclic) bond motifs is 1. The smallest absolute Gasteiger partial charge is 0.219 e. The van der Waals surface area contributed by atoms with Crippen molar-refractivity contribution in [3.05, 3.63) is 96.1 Å². The number of amides is 1. The van der Waals surface area contributed by atoms with Gasteiger partial charge in [-0.25, -0.2) is 0 Å². The lowest BCUT2D eigenvalue weighted by Gasteiger charge is -2.43. The fourth-order valence-corrected chi connectivity index (χ4v) is 4.87. The zero-order chi connectivity index (χ0) is 22.6. The molecule has 0 aliphatic carbocycles. The number of carbonyl (C=O) groups is 1. The molecule has 0 fully saturated rings. The summed E-state index contributed by atoms with van der Waals surface area (Å²) in [6.07, 6.45) is 0.878. The van der Waals surface area contributed by atoms with Crippen LogP contribution in [0.3, 0.4) is 0 Å². The summed E-state index contributed by atoms with van der Waals surface area (Å²) in [4.78, 5) is 14.8. The Morgan fingerprint density at radius 2 is 1.56 bits per heavy atom. The maximum absolute atomic E-state index is 12.4. The van der Waals surface area contributed by atoms with E-state index in [-0.39, 0.29) is 12.3 Å². The number of nitrogens with zero attached hydrogens (tertiary/aromatic N) is 1. The first kappa shape index (κ1) is 21.8. The quantitative estimate of drug-likeness (QED) is 0.370. The molecule has 0 bridgehead atoms. The SMILES string of the molecule is CCN(CC)C(CC(N)=O)(Cc1ccccc1)c1cccc2cc(-c3ccccc3)oc12. The number of primary amides is 1. The van der Waals surface area contributed by atoms with Gasteiger partial charge in [0.25, 0.3) is 0 Å². The molecule has 4 nitrogen and oxygen atoms in total. The maximum Gasteiger partial charge on any atom is 0.219 e. The number of hydrogen-bond donors (Lipinski definition) is 1. The van der Waals surface area contributed by atoms with Crippen LogP contribution in [0.15, 0.2) is 89.3 Å². The molecule has 0 saturated carbocycles. The van der Waals surface area contributed by atoms with Crippen LogP contribution >= 0.6 is 0 Å². The highest BCUT2D eigenvalue weighted by Gasteiger charge is 2.41. The molecule has 164 valence electrons. The largest absolute Gasteiger partial charge is 0.456 e. The lowest BCUT2D eigenvalue weighted by Crippen LogP contribution is -2.50. The predicted octanol–water partition coefficient (Wildman–Crippen LogP) is 5.76. The molecular formula is C28H30N2O2. The van der Waals surface area contributed by atoms with E-state index in [0.29, 0.717) is 6.42 Å². The molecule has 4 heteroatoms. The molecule has 1 unspecified atom stereocenters. The topological polar surface area (TPSA) is 59.5 Å². The number of para-hydroxylation sites is 1. The van der Waals surface area contributed by atoms with Gasteiger partial charge in [0.2, 0.25) is 5.91 Å². The molecule has 0 saturated heterocycles. The van der Waals surface area contributed by atoms with Crippen molar-refractivity contribution in [2.75, 3.05) is 13.1 Å². The Bertz CT molecular complexity index is 1180. The van der Waals surface area contributed by atoms with Gasteiger partial charge in [-0.15, -0.1) is 0 Å². The van der Waals surface area contributed by atoms with Crippen LogP contribution in [0, 0.1) is 0 Å². The molecule has 0 spiro atoms. The Balaban J connectivity index is 1.95. The Morgan fingerprint density at radius 1 is 0.906 bits per heavy atom. The molecule has 32 heavy (non-hydrogen) atoms. The van der Waals surface area contributed by atoms with Crippen molar-refractivity contribution in [3.8, 4) is 11.3 Å². The van der Waals surface area contributed by atoms with Gasteiger partial charge in [0, 0.05) is 22.9 Å². The Hall–Kier alpha value is -3.37. The Labute approximate surface area is 189 Å². The lowest BCUT2D eigenvalue weighted by atomic mass is 9.78. The monoisotopic (exact) mass is 426 g/mol. The van der Waals surface area contributed by atoms with Crippen molar-refractivity contribution >= 4 is 16.9 Å². The molecule has 4 rings (SSSR count). The van der Waals surface area contributed by atoms with E-state index in [1.54, 1.807) is 0 Å². The number of benzene rings is 3. The van der Waals surface area contributed by atoms with Gasteiger partial charge in [-0.05, 0) is 31.1 Å². The normalized spacial score (nSPS) is 13.3. The molecule has 0 radical (unpaired) electrons. The Kier molecular flexibility index (Phi) is 6.42. The van der Waals surface area contributed by atoms with Gasteiger partial charge in [-0.2, -0.15) is 0 Å². The summed E-state index contributed by atoms with van der Waals surface area (Å²) < 4.78 is 6.47. The van der Waals surface area contributed by atoms with Crippen LogP contribution in [-0.2, 0) is 16.8 Å². The molecular weight excluding hydrogens is 396 g/mol. The highest BCUT2D eigenvalue weighted by molar-refractivity contribution is 5.87. The number of furan rings is 1. The number of nitrogens with two attached hydrogens (primary N) is 1. The maximum atomic E-state index is 12.4. The second-order valence-electron chi connectivity index (χ2n) is 8.21. The first-order chi connectivity index (χ1) is 15.6. The summed E-state index contributed by atoms with van der Waals surface area (Å²) in [5.74, 6) is 0.500. The minimum Gasteiger partial charge on any atom is -0.456 e. The van der Waals surface area contributed by atoms with Gasteiger partial charge in [0.05, 0.1) is 5.54 Å². The molecule has 0 aliphatic rings. The van der Waals surface area contributed by atoms with Crippen LogP contribution in [0.4, 0.5) is 0 Å². The van der Waals surface area contributed by atoms with E-state index in [4.69, 9.17) is 10.2 Å². The summed E-state index contributed by atoms with van der Waals surface area (Å²) in [7, 11) is 0. The average Bonchev–Trinajstić information content (AvgIpc) is 3.25.